The van der Waals surface area contributed by atoms with Crippen molar-refractivity contribution in [3.63, 3.8) is 0 Å². The average Bonchev–Trinajstić information content (AvgIpc) is 2.37. The molecule has 0 aliphatic rings. The normalized spacial score (nSPS) is 10.3. The predicted molar refractivity (Wildman–Crippen MR) is 86.0 cm³/mol. The van der Waals surface area contributed by atoms with Gasteiger partial charge < -0.3 is 4.74 Å². The van der Waals surface area contributed by atoms with E-state index in [1.807, 2.05) is 12.1 Å². The van der Waals surface area contributed by atoms with Gasteiger partial charge in [-0.1, -0.05) is 15.9 Å². The van der Waals surface area contributed by atoms with Gasteiger partial charge in [0.2, 0.25) is 0 Å². The highest BCUT2D eigenvalue weighted by Crippen LogP contribution is 2.29. The van der Waals surface area contributed by atoms with Gasteiger partial charge in [-0.25, -0.2) is 0 Å². The van der Waals surface area contributed by atoms with E-state index in [4.69, 9.17) is 4.74 Å². The molecule has 0 aliphatic heterocycles. The van der Waals surface area contributed by atoms with Crippen molar-refractivity contribution in [3.8, 4) is 5.75 Å². The molecule has 0 spiro atoms. The molecular formula is C14H9Br3O2. The van der Waals surface area contributed by atoms with Gasteiger partial charge in [-0.15, -0.1) is 0 Å². The highest BCUT2D eigenvalue weighted by Gasteiger charge is 2.16. The lowest BCUT2D eigenvalue weighted by atomic mass is 10.0. The van der Waals surface area contributed by atoms with Crippen LogP contribution in [0.5, 0.6) is 5.75 Å². The van der Waals surface area contributed by atoms with Crippen LogP contribution in [0.25, 0.3) is 0 Å². The molecule has 0 saturated carbocycles. The maximum atomic E-state index is 12.5. The summed E-state index contributed by atoms with van der Waals surface area (Å²) in [5.74, 6) is 0.659. The van der Waals surface area contributed by atoms with Crippen LogP contribution in [-0.2, 0) is 0 Å². The number of rotatable bonds is 3. The monoisotopic (exact) mass is 446 g/mol. The first-order chi connectivity index (χ1) is 9.02. The summed E-state index contributed by atoms with van der Waals surface area (Å²) in [7, 11) is 1.59. The van der Waals surface area contributed by atoms with Crippen molar-refractivity contribution in [3.05, 3.63) is 60.9 Å². The molecule has 0 bridgehead atoms. The molecule has 0 amide bonds. The van der Waals surface area contributed by atoms with Gasteiger partial charge >= 0.3 is 0 Å². The zero-order valence-corrected chi connectivity index (χ0v) is 14.7. The van der Waals surface area contributed by atoms with E-state index in [0.29, 0.717) is 21.3 Å². The Labute approximate surface area is 136 Å². The van der Waals surface area contributed by atoms with Crippen LogP contribution in [-0.4, -0.2) is 12.9 Å². The number of hydrogen-bond donors (Lipinski definition) is 0. The molecule has 2 aromatic rings. The summed E-state index contributed by atoms with van der Waals surface area (Å²) < 4.78 is 7.51. The number of carbonyl (C=O) groups is 1. The van der Waals surface area contributed by atoms with E-state index >= 15 is 0 Å². The van der Waals surface area contributed by atoms with Gasteiger partial charge in [-0.05, 0) is 68.3 Å². The topological polar surface area (TPSA) is 26.3 Å². The highest BCUT2D eigenvalue weighted by atomic mass is 79.9. The smallest absolute Gasteiger partial charge is 0.195 e. The van der Waals surface area contributed by atoms with Crippen molar-refractivity contribution in [1.29, 1.82) is 0 Å². The zero-order chi connectivity index (χ0) is 14.0. The summed E-state index contributed by atoms with van der Waals surface area (Å²) in [6.07, 6.45) is 0. The summed E-state index contributed by atoms with van der Waals surface area (Å²) in [6.45, 7) is 0. The van der Waals surface area contributed by atoms with Gasteiger partial charge in [0.1, 0.15) is 5.75 Å². The second kappa shape index (κ2) is 6.20. The number of ether oxygens (including phenoxy) is 1. The van der Waals surface area contributed by atoms with Crippen LogP contribution < -0.4 is 4.74 Å². The Morgan fingerprint density at radius 3 is 2.05 bits per heavy atom. The van der Waals surface area contributed by atoms with Gasteiger partial charge in [-0.3, -0.25) is 4.79 Å². The maximum absolute atomic E-state index is 12.5. The molecular weight excluding hydrogens is 440 g/mol. The molecule has 19 heavy (non-hydrogen) atoms. The first-order valence-corrected chi connectivity index (χ1v) is 7.74. The van der Waals surface area contributed by atoms with Crippen LogP contribution in [0.2, 0.25) is 0 Å². The second-order valence-electron chi connectivity index (χ2n) is 3.80. The van der Waals surface area contributed by atoms with Crippen molar-refractivity contribution in [2.24, 2.45) is 0 Å². The Hall–Kier alpha value is -0.650. The highest BCUT2D eigenvalue weighted by molar-refractivity contribution is 9.11. The van der Waals surface area contributed by atoms with Crippen molar-refractivity contribution in [2.45, 2.75) is 0 Å². The summed E-state index contributed by atoms with van der Waals surface area (Å²) in [5, 5.41) is 0. The third kappa shape index (κ3) is 3.27. The Morgan fingerprint density at radius 2 is 1.53 bits per heavy atom. The molecule has 2 aromatic carbocycles. The molecule has 0 saturated heterocycles. The number of benzene rings is 2. The first kappa shape index (κ1) is 14.8. The Bertz CT molecular complexity index is 639. The summed E-state index contributed by atoms with van der Waals surface area (Å²) in [5.41, 5.74) is 1.22. The fraction of sp³-hybridized carbons (Fsp3) is 0.0714. The lowest BCUT2D eigenvalue weighted by molar-refractivity contribution is 0.103. The van der Waals surface area contributed by atoms with Crippen LogP contribution >= 0.6 is 47.8 Å². The fourth-order valence-electron chi connectivity index (χ4n) is 1.63. The fourth-order valence-corrected chi connectivity index (χ4v) is 3.39. The number of carbonyl (C=O) groups excluding carboxylic acids is 1. The number of methoxy groups -OCH3 is 1. The minimum atomic E-state index is -0.0473. The standard InChI is InChI=1S/C14H9Br3O2/c1-19-9-3-5-11(13(17)7-9)14(18)10-4-2-8(15)6-12(10)16/h2-7H,1H3. The zero-order valence-electron chi connectivity index (χ0n) is 9.91. The molecule has 0 fully saturated rings. The van der Waals surface area contributed by atoms with Crippen LogP contribution in [0.4, 0.5) is 0 Å². The average molecular weight is 449 g/mol. The van der Waals surface area contributed by atoms with E-state index in [0.717, 1.165) is 8.95 Å². The number of halogens is 3. The minimum absolute atomic E-state index is 0.0473. The SMILES string of the molecule is COc1ccc(C(=O)c2ccc(Br)cc2Br)c(Br)c1. The van der Waals surface area contributed by atoms with Crippen molar-refractivity contribution >= 4 is 53.6 Å². The molecule has 0 radical (unpaired) electrons. The number of ketones is 1. The van der Waals surface area contributed by atoms with Crippen LogP contribution in [0.1, 0.15) is 15.9 Å². The Morgan fingerprint density at radius 1 is 0.947 bits per heavy atom. The molecule has 98 valence electrons. The van der Waals surface area contributed by atoms with Crippen molar-refractivity contribution < 1.29 is 9.53 Å². The molecule has 0 aromatic heterocycles. The van der Waals surface area contributed by atoms with E-state index < -0.39 is 0 Å². The lowest BCUT2D eigenvalue weighted by Crippen LogP contribution is -2.03. The lowest BCUT2D eigenvalue weighted by Gasteiger charge is -2.08. The van der Waals surface area contributed by atoms with Gasteiger partial charge in [-0.2, -0.15) is 0 Å². The maximum Gasteiger partial charge on any atom is 0.195 e. The molecule has 0 aliphatic carbocycles. The van der Waals surface area contributed by atoms with Gasteiger partial charge in [0.05, 0.1) is 7.11 Å². The molecule has 2 nitrogen and oxygen atoms in total. The van der Waals surface area contributed by atoms with Crippen molar-refractivity contribution in [2.75, 3.05) is 7.11 Å². The molecule has 0 N–H and O–H groups in total. The van der Waals surface area contributed by atoms with Gasteiger partial charge in [0.15, 0.2) is 5.78 Å². The van der Waals surface area contributed by atoms with E-state index in [2.05, 4.69) is 47.8 Å². The van der Waals surface area contributed by atoms with Gasteiger partial charge in [0, 0.05) is 24.5 Å². The van der Waals surface area contributed by atoms with Crippen molar-refractivity contribution in [1.82, 2.24) is 0 Å². The van der Waals surface area contributed by atoms with E-state index in [1.54, 1.807) is 31.4 Å². The summed E-state index contributed by atoms with van der Waals surface area (Å²) >= 11 is 10.2. The minimum Gasteiger partial charge on any atom is -0.497 e. The Balaban J connectivity index is 2.44. The largest absolute Gasteiger partial charge is 0.497 e. The quantitative estimate of drug-likeness (QED) is 0.602. The molecule has 5 heteroatoms. The summed E-state index contributed by atoms with van der Waals surface area (Å²) in [6, 6.07) is 10.8. The molecule has 0 atom stereocenters. The predicted octanol–water partition coefficient (Wildman–Crippen LogP) is 5.21. The Kier molecular flexibility index (Phi) is 4.81. The van der Waals surface area contributed by atoms with E-state index in [9.17, 15) is 4.79 Å². The third-order valence-corrected chi connectivity index (χ3v) is 4.40. The van der Waals surface area contributed by atoms with E-state index in [1.165, 1.54) is 0 Å². The first-order valence-electron chi connectivity index (χ1n) is 5.36. The summed E-state index contributed by atoms with van der Waals surface area (Å²) in [4.78, 5) is 12.5. The second-order valence-corrected chi connectivity index (χ2v) is 6.42. The third-order valence-electron chi connectivity index (χ3n) is 2.60. The molecule has 2 rings (SSSR count). The molecule has 0 unspecified atom stereocenters. The molecule has 0 heterocycles. The van der Waals surface area contributed by atoms with Crippen LogP contribution in [0.3, 0.4) is 0 Å². The van der Waals surface area contributed by atoms with Crippen LogP contribution in [0, 0.1) is 0 Å². The van der Waals surface area contributed by atoms with Crippen LogP contribution in [0.15, 0.2) is 49.8 Å². The number of hydrogen-bond acceptors (Lipinski definition) is 2. The van der Waals surface area contributed by atoms with Gasteiger partial charge in [0.25, 0.3) is 0 Å². The van der Waals surface area contributed by atoms with E-state index in [-0.39, 0.29) is 5.78 Å².